The van der Waals surface area contributed by atoms with Gasteiger partial charge in [0, 0.05) is 24.3 Å². The molecule has 0 atom stereocenters. The predicted octanol–water partition coefficient (Wildman–Crippen LogP) is 2.21. The highest BCUT2D eigenvalue weighted by atomic mass is 35.5. The van der Waals surface area contributed by atoms with Crippen LogP contribution in [0.4, 0.5) is 11.4 Å². The van der Waals surface area contributed by atoms with Crippen LogP contribution in [0.2, 0.25) is 0 Å². The highest BCUT2D eigenvalue weighted by Gasteiger charge is 2.13. The molecular weight excluding hydrogens is 328 g/mol. The smallest absolute Gasteiger partial charge is 0.238 e. The lowest BCUT2D eigenvalue weighted by molar-refractivity contribution is -0.117. The highest BCUT2D eigenvalue weighted by Crippen LogP contribution is 2.16. The number of rotatable bonds is 6. The predicted molar refractivity (Wildman–Crippen MR) is 99.5 cm³/mol. The van der Waals surface area contributed by atoms with Gasteiger partial charge in [-0.1, -0.05) is 18.9 Å². The summed E-state index contributed by atoms with van der Waals surface area (Å²) in [5.74, 6) is -0.141. The summed E-state index contributed by atoms with van der Waals surface area (Å²) >= 11 is 0. The number of hydrogen-bond donors (Lipinski definition) is 3. The molecule has 0 bridgehead atoms. The summed E-state index contributed by atoms with van der Waals surface area (Å²) < 4.78 is 0. The van der Waals surface area contributed by atoms with Crippen LogP contribution in [0.5, 0.6) is 0 Å². The molecule has 1 aliphatic rings. The fraction of sp³-hybridized carbons (Fsp3) is 0.529. The van der Waals surface area contributed by atoms with Gasteiger partial charge in [-0.2, -0.15) is 0 Å². The van der Waals surface area contributed by atoms with Crippen molar-refractivity contribution in [2.75, 3.05) is 36.8 Å². The molecule has 0 saturated carbocycles. The molecule has 0 radical (unpaired) electrons. The molecule has 0 aliphatic carbocycles. The average Bonchev–Trinajstić information content (AvgIpc) is 2.76. The molecule has 6 nitrogen and oxygen atoms in total. The van der Waals surface area contributed by atoms with E-state index in [0.717, 1.165) is 25.9 Å². The summed E-state index contributed by atoms with van der Waals surface area (Å²) in [7, 11) is 0. The summed E-state index contributed by atoms with van der Waals surface area (Å²) in [6, 6.07) is 7.17. The van der Waals surface area contributed by atoms with Crippen molar-refractivity contribution < 1.29 is 9.59 Å². The number of nitrogens with two attached hydrogens (primary N) is 1. The van der Waals surface area contributed by atoms with Crippen LogP contribution in [-0.4, -0.2) is 42.9 Å². The van der Waals surface area contributed by atoms with Crippen LogP contribution >= 0.6 is 12.4 Å². The first-order chi connectivity index (χ1) is 11.2. The SMILES string of the molecule is Cl.NCCC(=O)Nc1cccc(NC(=O)CN2CCCCCC2)c1. The molecule has 7 heteroatoms. The maximum Gasteiger partial charge on any atom is 0.238 e. The van der Waals surface area contributed by atoms with E-state index in [2.05, 4.69) is 15.5 Å². The number of nitrogens with one attached hydrogen (secondary N) is 2. The molecule has 2 amide bonds. The average molecular weight is 355 g/mol. The Bertz CT molecular complexity index is 531. The number of benzene rings is 1. The van der Waals surface area contributed by atoms with Crippen LogP contribution in [0.3, 0.4) is 0 Å². The molecule has 0 aromatic heterocycles. The minimum atomic E-state index is -0.124. The lowest BCUT2D eigenvalue weighted by atomic mass is 10.2. The molecule has 1 saturated heterocycles. The van der Waals surface area contributed by atoms with Gasteiger partial charge in [-0.15, -0.1) is 12.4 Å². The first kappa shape index (κ1) is 20.4. The first-order valence-electron chi connectivity index (χ1n) is 8.29. The van der Waals surface area contributed by atoms with Crippen molar-refractivity contribution >= 4 is 35.6 Å². The first-order valence-corrected chi connectivity index (χ1v) is 8.29. The minimum absolute atomic E-state index is 0. The van der Waals surface area contributed by atoms with Crippen molar-refractivity contribution in [3.63, 3.8) is 0 Å². The molecule has 4 N–H and O–H groups in total. The summed E-state index contributed by atoms with van der Waals surface area (Å²) in [5, 5.41) is 5.66. The van der Waals surface area contributed by atoms with Gasteiger partial charge in [-0.25, -0.2) is 0 Å². The van der Waals surface area contributed by atoms with E-state index in [4.69, 9.17) is 5.73 Å². The van der Waals surface area contributed by atoms with E-state index in [0.29, 0.717) is 24.5 Å². The molecule has 1 aromatic rings. The number of anilines is 2. The largest absolute Gasteiger partial charge is 0.330 e. The number of nitrogens with zero attached hydrogens (tertiary/aromatic N) is 1. The number of carbonyl (C=O) groups is 2. The van der Waals surface area contributed by atoms with Gasteiger partial charge in [0.2, 0.25) is 11.8 Å². The number of hydrogen-bond acceptors (Lipinski definition) is 4. The second-order valence-electron chi connectivity index (χ2n) is 5.91. The summed E-state index contributed by atoms with van der Waals surface area (Å²) in [6.45, 7) is 2.72. The zero-order valence-corrected chi connectivity index (χ0v) is 14.7. The van der Waals surface area contributed by atoms with Crippen molar-refractivity contribution in [3.8, 4) is 0 Å². The molecule has 134 valence electrons. The van der Waals surface area contributed by atoms with E-state index in [1.54, 1.807) is 18.2 Å². The van der Waals surface area contributed by atoms with Gasteiger partial charge in [0.15, 0.2) is 0 Å². The molecular formula is C17H27ClN4O2. The topological polar surface area (TPSA) is 87.5 Å². The van der Waals surface area contributed by atoms with Gasteiger partial charge in [-0.3, -0.25) is 14.5 Å². The molecule has 2 rings (SSSR count). The number of halogens is 1. The van der Waals surface area contributed by atoms with E-state index in [1.807, 2.05) is 6.07 Å². The van der Waals surface area contributed by atoms with E-state index >= 15 is 0 Å². The molecule has 1 aliphatic heterocycles. The maximum absolute atomic E-state index is 12.2. The summed E-state index contributed by atoms with van der Waals surface area (Å²) in [4.78, 5) is 25.9. The van der Waals surface area contributed by atoms with E-state index in [-0.39, 0.29) is 30.6 Å². The Labute approximate surface area is 149 Å². The van der Waals surface area contributed by atoms with Gasteiger partial charge >= 0.3 is 0 Å². The van der Waals surface area contributed by atoms with Crippen LogP contribution in [0.1, 0.15) is 32.1 Å². The highest BCUT2D eigenvalue weighted by molar-refractivity contribution is 5.94. The van der Waals surface area contributed by atoms with E-state index < -0.39 is 0 Å². The zero-order valence-electron chi connectivity index (χ0n) is 13.9. The second-order valence-corrected chi connectivity index (χ2v) is 5.91. The number of likely N-dealkylation sites (tertiary alicyclic amines) is 1. The van der Waals surface area contributed by atoms with Crippen LogP contribution in [-0.2, 0) is 9.59 Å². The number of amides is 2. The molecule has 0 spiro atoms. The Kier molecular flexibility index (Phi) is 9.37. The summed E-state index contributed by atoms with van der Waals surface area (Å²) in [5.41, 5.74) is 6.71. The molecule has 0 unspecified atom stereocenters. The normalized spacial score (nSPS) is 15.0. The standard InChI is InChI=1S/C17H26N4O2.ClH/c18-9-8-16(22)19-14-6-5-7-15(12-14)20-17(23)13-21-10-3-1-2-4-11-21;/h5-7,12H,1-4,8-11,13,18H2,(H,19,22)(H,20,23);1H. The zero-order chi connectivity index (χ0) is 16.5. The van der Waals surface area contributed by atoms with Gasteiger partial charge in [0.25, 0.3) is 0 Å². The third-order valence-corrected chi connectivity index (χ3v) is 3.87. The van der Waals surface area contributed by atoms with Gasteiger partial charge in [-0.05, 0) is 44.1 Å². The minimum Gasteiger partial charge on any atom is -0.330 e. The van der Waals surface area contributed by atoms with Crippen molar-refractivity contribution in [1.29, 1.82) is 0 Å². The fourth-order valence-electron chi connectivity index (χ4n) is 2.73. The molecule has 1 fully saturated rings. The van der Waals surface area contributed by atoms with Crippen LogP contribution < -0.4 is 16.4 Å². The maximum atomic E-state index is 12.2. The van der Waals surface area contributed by atoms with Crippen molar-refractivity contribution in [3.05, 3.63) is 24.3 Å². The Hall–Kier alpha value is -1.63. The Morgan fingerprint density at radius 3 is 2.17 bits per heavy atom. The van der Waals surface area contributed by atoms with Crippen LogP contribution in [0.25, 0.3) is 0 Å². The lowest BCUT2D eigenvalue weighted by Crippen LogP contribution is -2.33. The van der Waals surface area contributed by atoms with E-state index in [1.165, 1.54) is 12.8 Å². The lowest BCUT2D eigenvalue weighted by Gasteiger charge is -2.19. The van der Waals surface area contributed by atoms with Crippen LogP contribution in [0, 0.1) is 0 Å². The van der Waals surface area contributed by atoms with Crippen molar-refractivity contribution in [2.45, 2.75) is 32.1 Å². The van der Waals surface area contributed by atoms with Crippen molar-refractivity contribution in [2.24, 2.45) is 5.73 Å². The Balaban J connectivity index is 0.00000288. The van der Waals surface area contributed by atoms with E-state index in [9.17, 15) is 9.59 Å². The van der Waals surface area contributed by atoms with Gasteiger partial charge < -0.3 is 16.4 Å². The molecule has 24 heavy (non-hydrogen) atoms. The van der Waals surface area contributed by atoms with Crippen LogP contribution in [0.15, 0.2) is 24.3 Å². The van der Waals surface area contributed by atoms with Gasteiger partial charge in [0.05, 0.1) is 6.54 Å². The molecule has 1 heterocycles. The molecule has 1 aromatic carbocycles. The second kappa shape index (κ2) is 11.0. The third kappa shape index (κ3) is 7.29. The Morgan fingerprint density at radius 2 is 1.58 bits per heavy atom. The number of carbonyl (C=O) groups excluding carboxylic acids is 2. The summed E-state index contributed by atoms with van der Waals surface area (Å²) in [6.07, 6.45) is 5.11. The fourth-order valence-corrected chi connectivity index (χ4v) is 2.73. The third-order valence-electron chi connectivity index (χ3n) is 3.87. The Morgan fingerprint density at radius 1 is 1.00 bits per heavy atom. The quantitative estimate of drug-likeness (QED) is 0.731. The monoisotopic (exact) mass is 354 g/mol. The van der Waals surface area contributed by atoms with Crippen molar-refractivity contribution in [1.82, 2.24) is 4.90 Å². The van der Waals surface area contributed by atoms with Gasteiger partial charge in [0.1, 0.15) is 0 Å².